The number of carbonyl (C=O) groups excluding carboxylic acids is 1. The number of nitrogens with zero attached hydrogens (tertiary/aromatic N) is 6. The lowest BCUT2D eigenvalue weighted by Gasteiger charge is -2.10. The number of benzene rings is 2. The highest BCUT2D eigenvalue weighted by atomic mass is 16.2. The molecule has 0 aliphatic heterocycles. The van der Waals surface area contributed by atoms with E-state index in [0.717, 1.165) is 40.8 Å². The van der Waals surface area contributed by atoms with Crippen LogP contribution in [0.1, 0.15) is 41.9 Å². The summed E-state index contributed by atoms with van der Waals surface area (Å²) < 4.78 is 3.37. The van der Waals surface area contributed by atoms with Gasteiger partial charge in [-0.25, -0.2) is 4.79 Å². The van der Waals surface area contributed by atoms with Crippen LogP contribution >= 0.6 is 0 Å². The zero-order chi connectivity index (χ0) is 25.1. The van der Waals surface area contributed by atoms with Crippen molar-refractivity contribution in [1.82, 2.24) is 34.7 Å². The molecule has 180 valence electrons. The predicted molar refractivity (Wildman–Crippen MR) is 136 cm³/mol. The Morgan fingerprint density at radius 2 is 1.83 bits per heavy atom. The molecule has 1 N–H and O–H groups in total. The molecule has 0 saturated heterocycles. The second-order valence-corrected chi connectivity index (χ2v) is 8.54. The fraction of sp³-hybridized carbons (Fsp3) is 0.185. The highest BCUT2D eigenvalue weighted by Crippen LogP contribution is 2.29. The summed E-state index contributed by atoms with van der Waals surface area (Å²) in [7, 11) is 0. The smallest absolute Gasteiger partial charge is 0.294 e. The number of tetrazole rings is 1. The number of H-pyrrole nitrogens is 1. The van der Waals surface area contributed by atoms with Gasteiger partial charge in [0, 0.05) is 41.0 Å². The van der Waals surface area contributed by atoms with E-state index in [-0.39, 0.29) is 11.5 Å². The molecular formula is C27H25N7O2. The maximum absolute atomic E-state index is 13.5. The van der Waals surface area contributed by atoms with Crippen LogP contribution in [0.4, 0.5) is 0 Å². The molecule has 9 nitrogen and oxygen atoms in total. The van der Waals surface area contributed by atoms with Gasteiger partial charge < -0.3 is 0 Å². The molecule has 2 aromatic carbocycles. The van der Waals surface area contributed by atoms with Crippen molar-refractivity contribution < 1.29 is 4.79 Å². The molecule has 0 unspecified atom stereocenters. The van der Waals surface area contributed by atoms with Crippen LogP contribution in [0.25, 0.3) is 28.2 Å². The predicted octanol–water partition coefficient (Wildman–Crippen LogP) is 4.08. The van der Waals surface area contributed by atoms with Gasteiger partial charge in [0.25, 0.3) is 0 Å². The zero-order valence-electron chi connectivity index (χ0n) is 20.0. The topological polar surface area (TPSA) is 111 Å². The van der Waals surface area contributed by atoms with E-state index in [4.69, 9.17) is 0 Å². The minimum Gasteiger partial charge on any atom is -0.294 e. The first-order chi connectivity index (χ1) is 17.6. The van der Waals surface area contributed by atoms with Crippen LogP contribution < -0.4 is 5.69 Å². The van der Waals surface area contributed by atoms with Crippen LogP contribution in [-0.2, 0) is 13.0 Å². The van der Waals surface area contributed by atoms with Crippen LogP contribution in [0.5, 0.6) is 0 Å². The number of carbonyl (C=O) groups is 1. The van der Waals surface area contributed by atoms with Crippen LogP contribution in [-0.4, -0.2) is 40.5 Å². The van der Waals surface area contributed by atoms with Crippen molar-refractivity contribution >= 4 is 5.78 Å². The third kappa shape index (κ3) is 4.38. The van der Waals surface area contributed by atoms with Gasteiger partial charge in [-0.15, -0.1) is 10.2 Å². The number of hydrogen-bond donors (Lipinski definition) is 1. The average molecular weight is 480 g/mol. The number of aromatic amines is 1. The van der Waals surface area contributed by atoms with Crippen molar-refractivity contribution in [2.24, 2.45) is 0 Å². The summed E-state index contributed by atoms with van der Waals surface area (Å²) in [5.74, 6) is 0.424. The summed E-state index contributed by atoms with van der Waals surface area (Å²) in [6.45, 7) is 4.02. The number of para-hydroxylation sites is 1. The molecule has 0 amide bonds. The second kappa shape index (κ2) is 9.91. The molecule has 3 aromatic heterocycles. The van der Waals surface area contributed by atoms with Crippen LogP contribution in [0.3, 0.4) is 0 Å². The Morgan fingerprint density at radius 1 is 1.03 bits per heavy atom. The fourth-order valence-electron chi connectivity index (χ4n) is 4.37. The molecule has 0 aliphatic rings. The SMILES string of the molecule is CCCc1cn(-c2ccccc2C(C)=O)c(=O)n1Cc1ccc(-c2cnccc2-c2nn[nH]n2)cc1. The Hall–Kier alpha value is -4.66. The molecule has 36 heavy (non-hydrogen) atoms. The molecule has 0 aliphatic carbocycles. The van der Waals surface area contributed by atoms with Gasteiger partial charge in [-0.05, 0) is 47.9 Å². The number of aromatic nitrogens is 7. The number of aryl methyl sites for hydroxylation is 1. The average Bonchev–Trinajstić information content (AvgIpc) is 3.54. The number of pyridine rings is 1. The van der Waals surface area contributed by atoms with Gasteiger partial charge in [0.15, 0.2) is 5.78 Å². The van der Waals surface area contributed by atoms with Gasteiger partial charge >= 0.3 is 5.69 Å². The zero-order valence-corrected chi connectivity index (χ0v) is 20.0. The van der Waals surface area contributed by atoms with Crippen LogP contribution in [0, 0.1) is 0 Å². The second-order valence-electron chi connectivity index (χ2n) is 8.54. The van der Waals surface area contributed by atoms with E-state index in [1.807, 2.05) is 54.7 Å². The van der Waals surface area contributed by atoms with Crippen LogP contribution in [0.2, 0.25) is 0 Å². The van der Waals surface area contributed by atoms with Gasteiger partial charge in [0.05, 0.1) is 12.2 Å². The summed E-state index contributed by atoms with van der Waals surface area (Å²) in [6.07, 6.45) is 6.98. The first-order valence-electron chi connectivity index (χ1n) is 11.8. The van der Waals surface area contributed by atoms with Crippen molar-refractivity contribution in [2.75, 3.05) is 0 Å². The maximum atomic E-state index is 13.5. The molecule has 0 atom stereocenters. The normalized spacial score (nSPS) is 11.1. The number of Topliss-reactive ketones (excluding diaryl/α,β-unsaturated/α-hetero) is 1. The lowest BCUT2D eigenvalue weighted by atomic mass is 10.0. The van der Waals surface area contributed by atoms with Crippen molar-refractivity contribution in [3.63, 3.8) is 0 Å². The number of hydrogen-bond acceptors (Lipinski definition) is 6. The molecule has 9 heteroatoms. The summed E-state index contributed by atoms with van der Waals surface area (Å²) in [6, 6.07) is 17.1. The van der Waals surface area contributed by atoms with E-state index in [2.05, 4.69) is 32.5 Å². The van der Waals surface area contributed by atoms with E-state index in [0.29, 0.717) is 23.6 Å². The first kappa shape index (κ1) is 23.1. The molecule has 0 bridgehead atoms. The van der Waals surface area contributed by atoms with E-state index in [1.54, 1.807) is 27.6 Å². The monoisotopic (exact) mass is 479 g/mol. The van der Waals surface area contributed by atoms with Gasteiger partial charge in [0.1, 0.15) is 0 Å². The highest BCUT2D eigenvalue weighted by Gasteiger charge is 2.17. The molecule has 0 radical (unpaired) electrons. The van der Waals surface area contributed by atoms with Crippen molar-refractivity contribution in [3.05, 3.63) is 100 Å². The van der Waals surface area contributed by atoms with E-state index >= 15 is 0 Å². The molecular weight excluding hydrogens is 454 g/mol. The Balaban J connectivity index is 1.49. The van der Waals surface area contributed by atoms with Crippen molar-refractivity contribution in [1.29, 1.82) is 0 Å². The minimum atomic E-state index is -0.164. The third-order valence-electron chi connectivity index (χ3n) is 6.12. The van der Waals surface area contributed by atoms with Gasteiger partial charge in [0.2, 0.25) is 5.82 Å². The summed E-state index contributed by atoms with van der Waals surface area (Å²) in [5, 5.41) is 14.3. The number of imidazole rings is 1. The Kier molecular flexibility index (Phi) is 6.36. The fourth-order valence-corrected chi connectivity index (χ4v) is 4.37. The minimum absolute atomic E-state index is 0.0755. The third-order valence-corrected chi connectivity index (χ3v) is 6.12. The highest BCUT2D eigenvalue weighted by molar-refractivity contribution is 5.97. The first-order valence-corrected chi connectivity index (χ1v) is 11.8. The molecule has 0 saturated carbocycles. The lowest BCUT2D eigenvalue weighted by molar-refractivity contribution is 0.101. The lowest BCUT2D eigenvalue weighted by Crippen LogP contribution is -2.25. The van der Waals surface area contributed by atoms with Crippen LogP contribution in [0.15, 0.2) is 78.0 Å². The largest absolute Gasteiger partial charge is 0.333 e. The van der Waals surface area contributed by atoms with Gasteiger partial charge in [-0.2, -0.15) is 5.21 Å². The number of nitrogens with one attached hydrogen (secondary N) is 1. The number of ketones is 1. The standard InChI is InChI=1S/C27H25N7O2/c1-3-6-21-17-34(25-8-5-4-7-22(25)18(2)35)27(36)33(21)16-19-9-11-20(12-10-19)24-15-28-14-13-23(24)26-29-31-32-30-26/h4-5,7-15,17H,3,6,16H2,1-2H3,(H,29,30,31,32). The van der Waals surface area contributed by atoms with Crippen molar-refractivity contribution in [3.8, 4) is 28.2 Å². The van der Waals surface area contributed by atoms with Crippen molar-refractivity contribution in [2.45, 2.75) is 33.2 Å². The van der Waals surface area contributed by atoms with E-state index < -0.39 is 0 Å². The Morgan fingerprint density at radius 3 is 2.56 bits per heavy atom. The molecule has 3 heterocycles. The molecule has 0 spiro atoms. The molecule has 5 rings (SSSR count). The molecule has 0 fully saturated rings. The maximum Gasteiger partial charge on any atom is 0.333 e. The molecule has 5 aromatic rings. The number of rotatable bonds is 8. The van der Waals surface area contributed by atoms with Gasteiger partial charge in [-0.3, -0.25) is 18.9 Å². The summed E-state index contributed by atoms with van der Waals surface area (Å²) in [5.41, 5.74) is 5.56. The van der Waals surface area contributed by atoms with Gasteiger partial charge in [-0.1, -0.05) is 49.7 Å². The quantitative estimate of drug-likeness (QED) is 0.336. The van der Waals surface area contributed by atoms with E-state index in [1.165, 1.54) is 6.92 Å². The summed E-state index contributed by atoms with van der Waals surface area (Å²) >= 11 is 0. The van der Waals surface area contributed by atoms with E-state index in [9.17, 15) is 9.59 Å². The summed E-state index contributed by atoms with van der Waals surface area (Å²) in [4.78, 5) is 29.9. The Bertz CT molecular complexity index is 1560. The Labute approximate surface area is 207 Å².